The summed E-state index contributed by atoms with van der Waals surface area (Å²) in [5, 5.41) is 0. The predicted molar refractivity (Wildman–Crippen MR) is 105 cm³/mol. The van der Waals surface area contributed by atoms with Crippen LogP contribution in [0.1, 0.15) is 46.6 Å². The average Bonchev–Trinajstić information content (AvgIpc) is 3.31. The van der Waals surface area contributed by atoms with E-state index in [4.69, 9.17) is 4.98 Å². The van der Waals surface area contributed by atoms with Crippen molar-refractivity contribution in [2.24, 2.45) is 5.92 Å². The Balaban J connectivity index is 1.17. The Bertz CT molecular complexity index is 997. The minimum Gasteiger partial charge on any atom is -0.370 e. The molecule has 5 rings (SSSR count). The van der Waals surface area contributed by atoms with E-state index in [9.17, 15) is 18.0 Å². The molecule has 1 amide bonds. The van der Waals surface area contributed by atoms with Gasteiger partial charge in [0, 0.05) is 37.7 Å². The second-order valence-electron chi connectivity index (χ2n) is 8.57. The molecule has 8 heteroatoms. The number of aryl methyl sites for hydroxylation is 1. The Morgan fingerprint density at radius 1 is 1.13 bits per heavy atom. The minimum absolute atomic E-state index is 0.128. The number of amides is 1. The zero-order valence-corrected chi connectivity index (χ0v) is 16.8. The van der Waals surface area contributed by atoms with Gasteiger partial charge in [0.05, 0.1) is 24.1 Å². The number of halogens is 3. The number of fused-ring (bicyclic) bond motifs is 2. The van der Waals surface area contributed by atoms with Gasteiger partial charge in [0.2, 0.25) is 5.91 Å². The van der Waals surface area contributed by atoms with Crippen molar-refractivity contribution in [2.45, 2.75) is 51.9 Å². The van der Waals surface area contributed by atoms with Crippen molar-refractivity contribution in [3.05, 3.63) is 52.1 Å². The Labute approximate surface area is 172 Å². The van der Waals surface area contributed by atoms with Gasteiger partial charge in [0.15, 0.2) is 0 Å². The molecular formula is C22H23F3N4O. The van der Waals surface area contributed by atoms with Crippen molar-refractivity contribution in [2.75, 3.05) is 18.0 Å². The largest absolute Gasteiger partial charge is 0.433 e. The van der Waals surface area contributed by atoms with Crippen molar-refractivity contribution in [3.63, 3.8) is 0 Å². The number of hydrogen-bond donors (Lipinski definition) is 0. The molecule has 1 saturated heterocycles. The molecule has 3 aliphatic rings. The first-order valence-corrected chi connectivity index (χ1v) is 10.4. The van der Waals surface area contributed by atoms with E-state index < -0.39 is 11.9 Å². The van der Waals surface area contributed by atoms with Gasteiger partial charge in [0.1, 0.15) is 5.69 Å². The highest BCUT2D eigenvalue weighted by molar-refractivity contribution is 5.77. The van der Waals surface area contributed by atoms with E-state index in [-0.39, 0.29) is 11.8 Å². The van der Waals surface area contributed by atoms with Crippen LogP contribution in [0.3, 0.4) is 0 Å². The predicted octanol–water partition coefficient (Wildman–Crippen LogP) is 3.66. The molecule has 2 aromatic heterocycles. The molecule has 2 aliphatic heterocycles. The average molecular weight is 416 g/mol. The van der Waals surface area contributed by atoms with Gasteiger partial charge >= 0.3 is 6.18 Å². The quantitative estimate of drug-likeness (QED) is 0.766. The van der Waals surface area contributed by atoms with Crippen LogP contribution in [0.15, 0.2) is 18.3 Å². The first-order chi connectivity index (χ1) is 14.3. The molecule has 30 heavy (non-hydrogen) atoms. The van der Waals surface area contributed by atoms with E-state index >= 15 is 0 Å². The van der Waals surface area contributed by atoms with E-state index in [1.807, 2.05) is 9.80 Å². The van der Waals surface area contributed by atoms with Crippen LogP contribution < -0.4 is 4.90 Å². The number of alkyl halides is 3. The maximum absolute atomic E-state index is 12.8. The van der Waals surface area contributed by atoms with Gasteiger partial charge in [-0.2, -0.15) is 13.2 Å². The molecule has 4 heterocycles. The van der Waals surface area contributed by atoms with Crippen LogP contribution in [-0.2, 0) is 36.9 Å². The lowest BCUT2D eigenvalue weighted by Crippen LogP contribution is -2.48. The van der Waals surface area contributed by atoms with Crippen LogP contribution in [0.2, 0.25) is 0 Å². The van der Waals surface area contributed by atoms with E-state index in [2.05, 4.69) is 11.9 Å². The van der Waals surface area contributed by atoms with Crippen molar-refractivity contribution >= 4 is 11.6 Å². The first-order valence-electron chi connectivity index (χ1n) is 10.4. The highest BCUT2D eigenvalue weighted by atomic mass is 19.4. The van der Waals surface area contributed by atoms with Gasteiger partial charge < -0.3 is 9.80 Å². The molecule has 0 spiro atoms. The molecule has 0 aromatic carbocycles. The Hall–Kier alpha value is -2.64. The van der Waals surface area contributed by atoms with E-state index in [0.717, 1.165) is 24.6 Å². The van der Waals surface area contributed by atoms with Crippen LogP contribution in [0, 0.1) is 12.8 Å². The van der Waals surface area contributed by atoms with Gasteiger partial charge in [-0.05, 0) is 55.0 Å². The molecule has 0 bridgehead atoms. The topological polar surface area (TPSA) is 49.3 Å². The highest BCUT2D eigenvalue weighted by Gasteiger charge is 2.35. The molecule has 1 fully saturated rings. The summed E-state index contributed by atoms with van der Waals surface area (Å²) in [6.07, 6.45) is 0.577. The first kappa shape index (κ1) is 19.3. The van der Waals surface area contributed by atoms with Crippen LogP contribution >= 0.6 is 0 Å². The molecular weight excluding hydrogens is 393 g/mol. The van der Waals surface area contributed by atoms with Crippen molar-refractivity contribution in [1.82, 2.24) is 14.9 Å². The summed E-state index contributed by atoms with van der Waals surface area (Å²) in [5.74, 6) is 0.338. The molecule has 2 aromatic rings. The summed E-state index contributed by atoms with van der Waals surface area (Å²) in [6, 6.07) is 2.45. The maximum Gasteiger partial charge on any atom is 0.433 e. The Kier molecular flexibility index (Phi) is 4.48. The zero-order chi connectivity index (χ0) is 21.0. The molecule has 0 atom stereocenters. The number of carbonyl (C=O) groups is 1. The standard InChI is InChI=1S/C22H23F3N4O/c1-13-16-3-2-4-18(16)27-19-12-29(11-17(13)19)21(30)7-14-9-28(10-14)15-5-6-20(26-8-15)22(23,24)25/h5-6,8,14H,2-4,7,9-12H2,1H3. The normalized spacial score (nSPS) is 18.4. The number of nitrogens with zero attached hydrogens (tertiary/aromatic N) is 4. The Morgan fingerprint density at radius 3 is 2.63 bits per heavy atom. The third-order valence-corrected chi connectivity index (χ3v) is 6.58. The van der Waals surface area contributed by atoms with Crippen molar-refractivity contribution < 1.29 is 18.0 Å². The van der Waals surface area contributed by atoms with Gasteiger partial charge in [-0.25, -0.2) is 4.98 Å². The fourth-order valence-corrected chi connectivity index (χ4v) is 4.86. The molecule has 5 nitrogen and oxygen atoms in total. The third kappa shape index (κ3) is 3.32. The molecule has 158 valence electrons. The second-order valence-corrected chi connectivity index (χ2v) is 8.57. The molecule has 0 radical (unpaired) electrons. The highest BCUT2D eigenvalue weighted by Crippen LogP contribution is 2.34. The SMILES string of the molecule is Cc1c2c(nc3c1CN(C(=O)CC1CN(c4ccc(C(F)(F)F)nc4)C1)C3)CCC2. The zero-order valence-electron chi connectivity index (χ0n) is 16.8. The number of aromatic nitrogens is 2. The minimum atomic E-state index is -4.43. The maximum atomic E-state index is 12.8. The summed E-state index contributed by atoms with van der Waals surface area (Å²) in [5.41, 5.74) is 5.94. The van der Waals surface area contributed by atoms with Gasteiger partial charge in [-0.3, -0.25) is 9.78 Å². The van der Waals surface area contributed by atoms with E-state index in [0.29, 0.717) is 38.3 Å². The summed E-state index contributed by atoms with van der Waals surface area (Å²) >= 11 is 0. The fraction of sp³-hybridized carbons (Fsp3) is 0.500. The summed E-state index contributed by atoms with van der Waals surface area (Å²) < 4.78 is 37.9. The van der Waals surface area contributed by atoms with Crippen LogP contribution in [0.4, 0.5) is 18.9 Å². The number of carbonyl (C=O) groups excluding carboxylic acids is 1. The van der Waals surface area contributed by atoms with E-state index in [1.54, 1.807) is 0 Å². The van der Waals surface area contributed by atoms with Crippen molar-refractivity contribution in [3.8, 4) is 0 Å². The molecule has 1 aliphatic carbocycles. The van der Waals surface area contributed by atoms with Crippen LogP contribution in [-0.4, -0.2) is 33.9 Å². The number of pyridine rings is 2. The third-order valence-electron chi connectivity index (χ3n) is 6.58. The molecule has 0 N–H and O–H groups in total. The second kappa shape index (κ2) is 6.96. The molecule has 0 unspecified atom stereocenters. The summed E-state index contributed by atoms with van der Waals surface area (Å²) in [6.45, 7) is 4.69. The van der Waals surface area contributed by atoms with Gasteiger partial charge in [0.25, 0.3) is 0 Å². The lowest BCUT2D eigenvalue weighted by molar-refractivity contribution is -0.141. The number of hydrogen-bond acceptors (Lipinski definition) is 4. The van der Waals surface area contributed by atoms with Crippen LogP contribution in [0.25, 0.3) is 0 Å². The summed E-state index contributed by atoms with van der Waals surface area (Å²) in [4.78, 5) is 25.0. The van der Waals surface area contributed by atoms with Gasteiger partial charge in [-0.15, -0.1) is 0 Å². The Morgan fingerprint density at radius 2 is 1.93 bits per heavy atom. The number of anilines is 1. The number of rotatable bonds is 3. The summed E-state index contributed by atoms with van der Waals surface area (Å²) in [7, 11) is 0. The fourth-order valence-electron chi connectivity index (χ4n) is 4.86. The molecule has 0 saturated carbocycles. The smallest absolute Gasteiger partial charge is 0.370 e. The van der Waals surface area contributed by atoms with Crippen LogP contribution in [0.5, 0.6) is 0 Å². The lowest BCUT2D eigenvalue weighted by atomic mass is 9.95. The van der Waals surface area contributed by atoms with Gasteiger partial charge in [-0.1, -0.05) is 0 Å². The van der Waals surface area contributed by atoms with Crippen molar-refractivity contribution in [1.29, 1.82) is 0 Å². The van der Waals surface area contributed by atoms with E-state index in [1.165, 1.54) is 41.1 Å². The lowest BCUT2D eigenvalue weighted by Gasteiger charge is -2.41. The monoisotopic (exact) mass is 416 g/mol.